The van der Waals surface area contributed by atoms with Crippen LogP contribution in [0.2, 0.25) is 0 Å². The highest BCUT2D eigenvalue weighted by Crippen LogP contribution is 2.01. The summed E-state index contributed by atoms with van der Waals surface area (Å²) in [7, 11) is 3.49. The zero-order valence-electron chi connectivity index (χ0n) is 9.61. The maximum atomic E-state index is 11.2. The van der Waals surface area contributed by atoms with Crippen LogP contribution in [0.25, 0.3) is 0 Å². The molecule has 0 aromatic heterocycles. The monoisotopic (exact) mass is 215 g/mol. The average Bonchev–Trinajstić information content (AvgIpc) is 2.42. The highest BCUT2D eigenvalue weighted by molar-refractivity contribution is 5.75. The van der Waals surface area contributed by atoms with Gasteiger partial charge in [0.05, 0.1) is 7.11 Å². The third-order valence-electron chi connectivity index (χ3n) is 2.77. The minimum Gasteiger partial charge on any atom is -0.468 e. The van der Waals surface area contributed by atoms with Gasteiger partial charge in [0.2, 0.25) is 0 Å². The molecule has 1 atom stereocenters. The number of rotatable bonds is 3. The topological polar surface area (TPSA) is 58.8 Å². The number of carbonyl (C=O) groups is 1. The zero-order valence-corrected chi connectivity index (χ0v) is 9.61. The highest BCUT2D eigenvalue weighted by Gasteiger charge is 2.19. The van der Waals surface area contributed by atoms with Crippen molar-refractivity contribution < 1.29 is 9.53 Å². The molecule has 1 aliphatic heterocycles. The molecule has 15 heavy (non-hydrogen) atoms. The molecular weight excluding hydrogens is 194 g/mol. The molecule has 88 valence electrons. The maximum Gasteiger partial charge on any atom is 0.323 e. The molecule has 0 radical (unpaired) electrons. The largest absolute Gasteiger partial charge is 0.468 e. The lowest BCUT2D eigenvalue weighted by atomic mass is 10.3. The van der Waals surface area contributed by atoms with Crippen molar-refractivity contribution in [3.8, 4) is 0 Å². The first kappa shape index (κ1) is 12.4. The van der Waals surface area contributed by atoms with Gasteiger partial charge in [-0.05, 0) is 26.6 Å². The van der Waals surface area contributed by atoms with E-state index in [-0.39, 0.29) is 5.97 Å². The Hall–Kier alpha value is -0.650. The van der Waals surface area contributed by atoms with E-state index >= 15 is 0 Å². The van der Waals surface area contributed by atoms with Crippen LogP contribution in [0.15, 0.2) is 0 Å². The van der Waals surface area contributed by atoms with E-state index in [0.29, 0.717) is 6.54 Å². The van der Waals surface area contributed by atoms with Crippen LogP contribution < -0.4 is 5.73 Å². The molecule has 0 aliphatic carbocycles. The SMILES string of the molecule is COC(=O)C(N)CN1CCCN(C)CC1. The van der Waals surface area contributed by atoms with Gasteiger partial charge in [-0.15, -0.1) is 0 Å². The van der Waals surface area contributed by atoms with E-state index in [4.69, 9.17) is 5.73 Å². The number of hydrogen-bond acceptors (Lipinski definition) is 5. The van der Waals surface area contributed by atoms with Gasteiger partial charge in [0.25, 0.3) is 0 Å². The second-order valence-corrected chi connectivity index (χ2v) is 4.09. The number of hydrogen-bond donors (Lipinski definition) is 1. The molecule has 0 bridgehead atoms. The molecule has 1 saturated heterocycles. The van der Waals surface area contributed by atoms with Crippen molar-refractivity contribution in [1.29, 1.82) is 0 Å². The third-order valence-corrected chi connectivity index (χ3v) is 2.77. The summed E-state index contributed by atoms with van der Waals surface area (Å²) in [5.41, 5.74) is 5.71. The molecule has 1 fully saturated rings. The van der Waals surface area contributed by atoms with Gasteiger partial charge in [0.15, 0.2) is 0 Å². The zero-order chi connectivity index (χ0) is 11.3. The average molecular weight is 215 g/mol. The van der Waals surface area contributed by atoms with Crippen LogP contribution in [0, 0.1) is 0 Å². The summed E-state index contributed by atoms with van der Waals surface area (Å²) in [5, 5.41) is 0. The van der Waals surface area contributed by atoms with E-state index in [1.165, 1.54) is 7.11 Å². The van der Waals surface area contributed by atoms with Crippen LogP contribution in [0.1, 0.15) is 6.42 Å². The maximum absolute atomic E-state index is 11.2. The molecule has 0 saturated carbocycles. The number of esters is 1. The summed E-state index contributed by atoms with van der Waals surface area (Å²) in [6.07, 6.45) is 1.13. The van der Waals surface area contributed by atoms with Gasteiger partial charge in [-0.3, -0.25) is 9.69 Å². The Morgan fingerprint density at radius 3 is 2.80 bits per heavy atom. The molecule has 1 unspecified atom stereocenters. The fourth-order valence-electron chi connectivity index (χ4n) is 1.79. The molecule has 1 rings (SSSR count). The number of nitrogens with zero attached hydrogens (tertiary/aromatic N) is 2. The van der Waals surface area contributed by atoms with Crippen LogP contribution in [-0.2, 0) is 9.53 Å². The summed E-state index contributed by atoms with van der Waals surface area (Å²) >= 11 is 0. The molecule has 2 N–H and O–H groups in total. The Morgan fingerprint density at radius 2 is 2.13 bits per heavy atom. The highest BCUT2D eigenvalue weighted by atomic mass is 16.5. The van der Waals surface area contributed by atoms with Gasteiger partial charge in [0.1, 0.15) is 6.04 Å². The second-order valence-electron chi connectivity index (χ2n) is 4.09. The van der Waals surface area contributed by atoms with Gasteiger partial charge in [-0.25, -0.2) is 0 Å². The lowest BCUT2D eigenvalue weighted by Gasteiger charge is -2.22. The number of carbonyl (C=O) groups excluding carboxylic acids is 1. The number of methoxy groups -OCH3 is 1. The predicted molar refractivity (Wildman–Crippen MR) is 58.5 cm³/mol. The molecule has 5 heteroatoms. The summed E-state index contributed by atoms with van der Waals surface area (Å²) in [4.78, 5) is 15.7. The van der Waals surface area contributed by atoms with Gasteiger partial charge in [-0.1, -0.05) is 0 Å². The van der Waals surface area contributed by atoms with Crippen molar-refractivity contribution >= 4 is 5.97 Å². The standard InChI is InChI=1S/C10H21N3O2/c1-12-4-3-5-13(7-6-12)8-9(11)10(14)15-2/h9H,3-8,11H2,1-2H3. The van der Waals surface area contributed by atoms with Gasteiger partial charge < -0.3 is 15.4 Å². The predicted octanol–water partition coefficient (Wildman–Crippen LogP) is -0.876. The fraction of sp³-hybridized carbons (Fsp3) is 0.900. The van der Waals surface area contributed by atoms with Crippen molar-refractivity contribution in [3.63, 3.8) is 0 Å². The lowest BCUT2D eigenvalue weighted by molar-refractivity contribution is -0.142. The first-order valence-electron chi connectivity index (χ1n) is 5.38. The minimum atomic E-state index is -0.515. The number of likely N-dealkylation sites (N-methyl/N-ethyl adjacent to an activating group) is 1. The van der Waals surface area contributed by atoms with Crippen LogP contribution in [0.5, 0.6) is 0 Å². The molecule has 0 aromatic rings. The van der Waals surface area contributed by atoms with Gasteiger partial charge in [-0.2, -0.15) is 0 Å². The van der Waals surface area contributed by atoms with E-state index < -0.39 is 6.04 Å². The Labute approximate surface area is 91.2 Å². The van der Waals surface area contributed by atoms with E-state index in [0.717, 1.165) is 32.6 Å². The molecule has 1 heterocycles. The summed E-state index contributed by atoms with van der Waals surface area (Å²) < 4.78 is 4.60. The normalized spacial score (nSPS) is 22.1. The molecule has 0 aromatic carbocycles. The Balaban J connectivity index is 2.34. The molecule has 1 aliphatic rings. The van der Waals surface area contributed by atoms with Crippen molar-refractivity contribution in [2.45, 2.75) is 12.5 Å². The first-order chi connectivity index (χ1) is 7.13. The van der Waals surface area contributed by atoms with Crippen molar-refractivity contribution in [3.05, 3.63) is 0 Å². The Morgan fingerprint density at radius 1 is 1.40 bits per heavy atom. The number of ether oxygens (including phenoxy) is 1. The summed E-state index contributed by atoms with van der Waals surface area (Å²) in [6, 6.07) is -0.515. The number of nitrogens with two attached hydrogens (primary N) is 1. The Kier molecular flexibility index (Phi) is 5.01. The molecule has 0 amide bonds. The van der Waals surface area contributed by atoms with Crippen LogP contribution >= 0.6 is 0 Å². The quantitative estimate of drug-likeness (QED) is 0.620. The summed E-state index contributed by atoms with van der Waals surface area (Å²) in [5.74, 6) is -0.326. The van der Waals surface area contributed by atoms with Crippen molar-refractivity contribution in [1.82, 2.24) is 9.80 Å². The molecule has 0 spiro atoms. The van der Waals surface area contributed by atoms with E-state index in [1.54, 1.807) is 0 Å². The second kappa shape index (κ2) is 6.05. The first-order valence-corrected chi connectivity index (χ1v) is 5.38. The fourth-order valence-corrected chi connectivity index (χ4v) is 1.79. The summed E-state index contributed by atoms with van der Waals surface area (Å²) in [6.45, 7) is 4.73. The molecule has 5 nitrogen and oxygen atoms in total. The lowest BCUT2D eigenvalue weighted by Crippen LogP contribution is -2.44. The minimum absolute atomic E-state index is 0.326. The van der Waals surface area contributed by atoms with Crippen molar-refractivity contribution in [2.24, 2.45) is 5.73 Å². The smallest absolute Gasteiger partial charge is 0.323 e. The van der Waals surface area contributed by atoms with E-state index in [2.05, 4.69) is 21.6 Å². The van der Waals surface area contributed by atoms with Crippen LogP contribution in [0.3, 0.4) is 0 Å². The Bertz CT molecular complexity index is 211. The third kappa shape index (κ3) is 4.15. The van der Waals surface area contributed by atoms with Crippen molar-refractivity contribution in [2.75, 3.05) is 46.9 Å². The van der Waals surface area contributed by atoms with Gasteiger partial charge in [0, 0.05) is 19.6 Å². The molecular formula is C10H21N3O2. The van der Waals surface area contributed by atoms with Gasteiger partial charge >= 0.3 is 5.97 Å². The van der Waals surface area contributed by atoms with E-state index in [9.17, 15) is 4.79 Å². The van der Waals surface area contributed by atoms with Crippen LogP contribution in [0.4, 0.5) is 0 Å². The van der Waals surface area contributed by atoms with E-state index in [1.807, 2.05) is 0 Å². The van der Waals surface area contributed by atoms with Crippen LogP contribution in [-0.4, -0.2) is 68.7 Å².